The Bertz CT molecular complexity index is 626. The normalized spacial score (nSPS) is 23.1. The number of amides is 4. The fourth-order valence-corrected chi connectivity index (χ4v) is 2.70. The molecule has 4 amide bonds. The molecule has 114 valence electrons. The average Bonchev–Trinajstić information content (AvgIpc) is 2.87. The number of urea groups is 1. The van der Waals surface area contributed by atoms with Gasteiger partial charge in [-0.05, 0) is 29.6 Å². The molecule has 0 aromatic heterocycles. The predicted octanol–water partition coefficient (Wildman–Crippen LogP) is 2.35. The zero-order chi connectivity index (χ0) is 16.4. The van der Waals surface area contributed by atoms with E-state index >= 15 is 0 Å². The van der Waals surface area contributed by atoms with Gasteiger partial charge in [-0.15, -0.1) is 0 Å². The Balaban J connectivity index is 2.73. The predicted molar refractivity (Wildman–Crippen MR) is 83.8 cm³/mol. The van der Waals surface area contributed by atoms with Gasteiger partial charge in [0.05, 0.1) is 0 Å². The maximum atomic E-state index is 12.5. The molecule has 0 aromatic rings. The topological polar surface area (TPSA) is 57.7 Å². The van der Waals surface area contributed by atoms with Crippen molar-refractivity contribution in [3.05, 3.63) is 59.8 Å². The minimum atomic E-state index is -0.624. The Morgan fingerprint density at radius 1 is 0.818 bits per heavy atom. The second-order valence-electron chi connectivity index (χ2n) is 5.12. The van der Waals surface area contributed by atoms with E-state index in [0.717, 1.165) is 20.9 Å². The Labute approximate surface area is 129 Å². The lowest BCUT2D eigenvalue weighted by Gasteiger charge is -2.30. The number of likely N-dealkylation sites (N-methyl/N-ethyl adjacent to an activating group) is 2. The van der Waals surface area contributed by atoms with Gasteiger partial charge in [0.1, 0.15) is 5.57 Å². The van der Waals surface area contributed by atoms with Crippen LogP contribution in [0, 0.1) is 0 Å². The van der Waals surface area contributed by atoms with E-state index in [9.17, 15) is 14.4 Å². The van der Waals surface area contributed by atoms with Crippen LogP contribution in [0.15, 0.2) is 59.8 Å². The summed E-state index contributed by atoms with van der Waals surface area (Å²) in [5.41, 5.74) is 2.37. The van der Waals surface area contributed by atoms with Gasteiger partial charge in [0, 0.05) is 14.1 Å². The summed E-state index contributed by atoms with van der Waals surface area (Å²) in [5.74, 6) is -1.15. The monoisotopic (exact) mass is 298 g/mol. The quantitative estimate of drug-likeness (QED) is 0.581. The van der Waals surface area contributed by atoms with Gasteiger partial charge in [-0.1, -0.05) is 37.5 Å². The average molecular weight is 298 g/mol. The molecule has 2 fully saturated rings. The second kappa shape index (κ2) is 5.97. The molecule has 1 aliphatic carbocycles. The minimum Gasteiger partial charge on any atom is -0.268 e. The first-order valence-electron chi connectivity index (χ1n) is 6.92. The number of hydrogen-bond acceptors (Lipinski definition) is 3. The third kappa shape index (κ3) is 2.35. The van der Waals surface area contributed by atoms with E-state index in [4.69, 9.17) is 0 Å². The molecule has 5 nitrogen and oxygen atoms in total. The zero-order valence-corrected chi connectivity index (χ0v) is 12.8. The summed E-state index contributed by atoms with van der Waals surface area (Å²) in [6.45, 7) is 7.34. The van der Waals surface area contributed by atoms with Gasteiger partial charge in [-0.2, -0.15) is 0 Å². The van der Waals surface area contributed by atoms with E-state index in [1.807, 2.05) is 0 Å². The highest BCUT2D eigenvalue weighted by Gasteiger charge is 2.41. The fourth-order valence-electron chi connectivity index (χ4n) is 2.70. The zero-order valence-electron chi connectivity index (χ0n) is 12.8. The Hall–Kier alpha value is -2.69. The van der Waals surface area contributed by atoms with Crippen LogP contribution >= 0.6 is 0 Å². The van der Waals surface area contributed by atoms with Crippen LogP contribution in [0.4, 0.5) is 4.79 Å². The van der Waals surface area contributed by atoms with Crippen molar-refractivity contribution in [2.75, 3.05) is 14.1 Å². The number of carbonyl (C=O) groups excluding carboxylic acids is 3. The molecule has 0 spiro atoms. The SMILES string of the molecule is C=C/C=C1\CC/C(=C\C=C)C1=C1C(=O)N(C)C(=O)N(C)C1=O. The second-order valence-corrected chi connectivity index (χ2v) is 5.12. The number of imide groups is 2. The van der Waals surface area contributed by atoms with Crippen molar-refractivity contribution >= 4 is 17.8 Å². The minimum absolute atomic E-state index is 0.0308. The van der Waals surface area contributed by atoms with Gasteiger partial charge in [0.25, 0.3) is 11.8 Å². The molecule has 2 rings (SSSR count). The van der Waals surface area contributed by atoms with Crippen molar-refractivity contribution in [2.24, 2.45) is 0 Å². The highest BCUT2D eigenvalue weighted by Crippen LogP contribution is 2.39. The van der Waals surface area contributed by atoms with E-state index in [1.54, 1.807) is 24.3 Å². The smallest absolute Gasteiger partial charge is 0.268 e. The van der Waals surface area contributed by atoms with E-state index in [-0.39, 0.29) is 5.57 Å². The lowest BCUT2D eigenvalue weighted by molar-refractivity contribution is -0.134. The molecule has 0 bridgehead atoms. The summed E-state index contributed by atoms with van der Waals surface area (Å²) in [5, 5.41) is 0. The molecule has 1 heterocycles. The van der Waals surface area contributed by atoms with Crippen LogP contribution in [0.2, 0.25) is 0 Å². The molecule has 1 saturated carbocycles. The molecular formula is C17H18N2O3. The molecule has 1 aliphatic heterocycles. The van der Waals surface area contributed by atoms with Crippen molar-refractivity contribution in [1.29, 1.82) is 0 Å². The number of nitrogens with zero attached hydrogens (tertiary/aromatic N) is 2. The Morgan fingerprint density at radius 2 is 1.23 bits per heavy atom. The lowest BCUT2D eigenvalue weighted by Crippen LogP contribution is -2.53. The molecule has 0 unspecified atom stereocenters. The van der Waals surface area contributed by atoms with Crippen LogP contribution in [0.25, 0.3) is 0 Å². The first-order chi connectivity index (χ1) is 10.4. The summed E-state index contributed by atoms with van der Waals surface area (Å²) in [6, 6.07) is -0.624. The lowest BCUT2D eigenvalue weighted by atomic mass is 9.95. The summed E-state index contributed by atoms with van der Waals surface area (Å²) >= 11 is 0. The number of barbiturate groups is 1. The van der Waals surface area contributed by atoms with E-state index in [0.29, 0.717) is 18.4 Å². The van der Waals surface area contributed by atoms with E-state index < -0.39 is 17.8 Å². The van der Waals surface area contributed by atoms with Crippen molar-refractivity contribution in [3.63, 3.8) is 0 Å². The van der Waals surface area contributed by atoms with E-state index in [1.165, 1.54) is 14.1 Å². The first-order valence-corrected chi connectivity index (χ1v) is 6.92. The van der Waals surface area contributed by atoms with Crippen LogP contribution in [0.3, 0.4) is 0 Å². The van der Waals surface area contributed by atoms with Crippen molar-refractivity contribution < 1.29 is 14.4 Å². The third-order valence-corrected chi connectivity index (χ3v) is 3.80. The van der Waals surface area contributed by atoms with Gasteiger partial charge in [0.2, 0.25) is 0 Å². The van der Waals surface area contributed by atoms with Crippen LogP contribution in [0.5, 0.6) is 0 Å². The van der Waals surface area contributed by atoms with Gasteiger partial charge in [-0.3, -0.25) is 19.4 Å². The summed E-state index contributed by atoms with van der Waals surface area (Å²) in [7, 11) is 2.74. The maximum absolute atomic E-state index is 12.5. The molecular weight excluding hydrogens is 280 g/mol. The van der Waals surface area contributed by atoms with Crippen LogP contribution < -0.4 is 0 Å². The molecule has 2 aliphatic rings. The summed E-state index contributed by atoms with van der Waals surface area (Å²) < 4.78 is 0. The van der Waals surface area contributed by atoms with Crippen LogP contribution in [-0.2, 0) is 9.59 Å². The van der Waals surface area contributed by atoms with Crippen molar-refractivity contribution in [3.8, 4) is 0 Å². The Kier molecular flexibility index (Phi) is 4.26. The van der Waals surface area contributed by atoms with Crippen molar-refractivity contribution in [2.45, 2.75) is 12.8 Å². The first kappa shape index (κ1) is 15.7. The molecule has 1 saturated heterocycles. The van der Waals surface area contributed by atoms with Crippen molar-refractivity contribution in [1.82, 2.24) is 9.80 Å². The largest absolute Gasteiger partial charge is 0.333 e. The summed E-state index contributed by atoms with van der Waals surface area (Å²) in [4.78, 5) is 38.7. The maximum Gasteiger partial charge on any atom is 0.333 e. The fraction of sp³-hybridized carbons (Fsp3) is 0.235. The standard InChI is InChI=1S/C17H18N2O3/c1-5-7-11-9-10-12(8-6-2)13(11)14-15(20)18(3)17(22)19(4)16(14)21/h5-8H,1-2,9-10H2,3-4H3/b11-7+,12-8+. The van der Waals surface area contributed by atoms with Crippen LogP contribution in [0.1, 0.15) is 12.8 Å². The van der Waals surface area contributed by atoms with Gasteiger partial charge >= 0.3 is 6.03 Å². The van der Waals surface area contributed by atoms with E-state index in [2.05, 4.69) is 13.2 Å². The summed E-state index contributed by atoms with van der Waals surface area (Å²) in [6.07, 6.45) is 8.28. The number of carbonyl (C=O) groups is 3. The van der Waals surface area contributed by atoms with Gasteiger partial charge < -0.3 is 0 Å². The third-order valence-electron chi connectivity index (χ3n) is 3.80. The number of allylic oxidation sites excluding steroid dienone is 7. The molecule has 5 heteroatoms. The molecule has 0 atom stereocenters. The molecule has 0 radical (unpaired) electrons. The highest BCUT2D eigenvalue weighted by atomic mass is 16.2. The molecule has 22 heavy (non-hydrogen) atoms. The number of hydrogen-bond donors (Lipinski definition) is 0. The molecule has 0 aromatic carbocycles. The van der Waals surface area contributed by atoms with Gasteiger partial charge in [0.15, 0.2) is 0 Å². The van der Waals surface area contributed by atoms with Crippen LogP contribution in [-0.4, -0.2) is 41.7 Å². The van der Waals surface area contributed by atoms with Gasteiger partial charge in [-0.25, -0.2) is 4.79 Å². The highest BCUT2D eigenvalue weighted by molar-refractivity contribution is 6.29. The number of rotatable bonds is 2. The Morgan fingerprint density at radius 3 is 1.59 bits per heavy atom. The molecule has 0 N–H and O–H groups in total.